The molecule has 0 spiro atoms. The van der Waals surface area contributed by atoms with E-state index in [1.165, 1.54) is 13.3 Å². The predicted octanol–water partition coefficient (Wildman–Crippen LogP) is 3.90. The van der Waals surface area contributed by atoms with Gasteiger partial charge in [-0.3, -0.25) is 14.4 Å². The molecule has 0 radical (unpaired) electrons. The lowest BCUT2D eigenvalue weighted by atomic mass is 10.2. The van der Waals surface area contributed by atoms with E-state index < -0.39 is 11.8 Å². The average Bonchev–Trinajstić information content (AvgIpc) is 2.93. The Morgan fingerprint density at radius 2 is 1.66 bits per heavy atom. The van der Waals surface area contributed by atoms with Crippen molar-refractivity contribution >= 4 is 35.3 Å². The maximum Gasteiger partial charge on any atom is 0.329 e. The standard InChI is InChI=1S/C28H30N4O6/c1-4-15-37-22-12-10-21(11-13-22)30-27(34)28(35)32-29-17-20-9-14-24(25(16-20)36-3)38-18-26(33)31-23-8-6-5-7-19(23)2/h5-14,16-17H,4,15,18H2,1-3H3,(H,30,34)(H,31,33)(H,32,35)/b29-17-. The van der Waals surface area contributed by atoms with Crippen molar-refractivity contribution in [3.05, 3.63) is 77.9 Å². The Bertz CT molecular complexity index is 1290. The van der Waals surface area contributed by atoms with Crippen molar-refractivity contribution in [1.29, 1.82) is 0 Å². The molecular weight excluding hydrogens is 488 g/mol. The van der Waals surface area contributed by atoms with Gasteiger partial charge in [0.1, 0.15) is 5.75 Å². The fraction of sp³-hybridized carbons (Fsp3) is 0.214. The number of hydrogen-bond acceptors (Lipinski definition) is 7. The molecule has 0 fully saturated rings. The van der Waals surface area contributed by atoms with E-state index in [-0.39, 0.29) is 12.5 Å². The summed E-state index contributed by atoms with van der Waals surface area (Å²) in [5.74, 6) is -0.703. The number of aryl methyl sites for hydroxylation is 1. The molecule has 0 unspecified atom stereocenters. The zero-order valence-electron chi connectivity index (χ0n) is 21.4. The number of methoxy groups -OCH3 is 1. The third-order valence-corrected chi connectivity index (χ3v) is 5.14. The van der Waals surface area contributed by atoms with E-state index in [4.69, 9.17) is 14.2 Å². The van der Waals surface area contributed by atoms with Crippen LogP contribution in [0.15, 0.2) is 71.8 Å². The van der Waals surface area contributed by atoms with Crippen molar-refractivity contribution in [2.45, 2.75) is 20.3 Å². The minimum absolute atomic E-state index is 0.211. The maximum absolute atomic E-state index is 12.3. The summed E-state index contributed by atoms with van der Waals surface area (Å²) in [4.78, 5) is 36.5. The van der Waals surface area contributed by atoms with Gasteiger partial charge in [-0.05, 0) is 73.0 Å². The largest absolute Gasteiger partial charge is 0.494 e. The highest BCUT2D eigenvalue weighted by atomic mass is 16.5. The molecule has 3 aromatic rings. The monoisotopic (exact) mass is 518 g/mol. The van der Waals surface area contributed by atoms with Crippen molar-refractivity contribution in [3.8, 4) is 17.2 Å². The Kier molecular flexibility index (Phi) is 10.2. The van der Waals surface area contributed by atoms with Gasteiger partial charge in [-0.25, -0.2) is 5.43 Å². The van der Waals surface area contributed by atoms with Gasteiger partial charge in [-0.2, -0.15) is 5.10 Å². The number of carbonyl (C=O) groups excluding carboxylic acids is 3. The molecular formula is C28H30N4O6. The van der Waals surface area contributed by atoms with Gasteiger partial charge in [0.05, 0.1) is 19.9 Å². The first-order chi connectivity index (χ1) is 18.4. The predicted molar refractivity (Wildman–Crippen MR) is 145 cm³/mol. The molecule has 10 nitrogen and oxygen atoms in total. The van der Waals surface area contributed by atoms with Gasteiger partial charge in [-0.15, -0.1) is 0 Å². The normalized spacial score (nSPS) is 10.5. The fourth-order valence-corrected chi connectivity index (χ4v) is 3.18. The lowest BCUT2D eigenvalue weighted by molar-refractivity contribution is -0.136. The zero-order valence-corrected chi connectivity index (χ0v) is 21.4. The molecule has 10 heteroatoms. The molecule has 0 saturated carbocycles. The van der Waals surface area contributed by atoms with Gasteiger partial charge in [0.25, 0.3) is 5.91 Å². The molecule has 0 saturated heterocycles. The molecule has 0 aromatic heterocycles. The minimum atomic E-state index is -0.931. The number of anilines is 2. The summed E-state index contributed by atoms with van der Waals surface area (Å²) in [6.07, 6.45) is 2.24. The van der Waals surface area contributed by atoms with Crippen LogP contribution >= 0.6 is 0 Å². The number of ether oxygens (including phenoxy) is 3. The van der Waals surface area contributed by atoms with Crippen molar-refractivity contribution < 1.29 is 28.6 Å². The van der Waals surface area contributed by atoms with E-state index >= 15 is 0 Å². The second kappa shape index (κ2) is 14.0. The number of amides is 3. The molecule has 3 N–H and O–H groups in total. The molecule has 0 heterocycles. The van der Waals surface area contributed by atoms with Crippen LogP contribution in [0.1, 0.15) is 24.5 Å². The second-order valence-electron chi connectivity index (χ2n) is 8.09. The highest BCUT2D eigenvalue weighted by Gasteiger charge is 2.13. The number of nitrogens with one attached hydrogen (secondary N) is 3. The molecule has 0 aliphatic carbocycles. The van der Waals surface area contributed by atoms with Crippen LogP contribution in [0.25, 0.3) is 0 Å². The summed E-state index contributed by atoms with van der Waals surface area (Å²) in [6, 6.07) is 19.0. The Morgan fingerprint density at radius 1 is 0.895 bits per heavy atom. The average molecular weight is 519 g/mol. The molecule has 3 amide bonds. The summed E-state index contributed by atoms with van der Waals surface area (Å²) >= 11 is 0. The van der Waals surface area contributed by atoms with Gasteiger partial charge >= 0.3 is 11.8 Å². The number of nitrogens with zero attached hydrogens (tertiary/aromatic N) is 1. The van der Waals surface area contributed by atoms with Crippen LogP contribution in [-0.2, 0) is 14.4 Å². The van der Waals surface area contributed by atoms with Gasteiger partial charge in [0, 0.05) is 11.4 Å². The first kappa shape index (κ1) is 27.7. The van der Waals surface area contributed by atoms with Crippen molar-refractivity contribution in [3.63, 3.8) is 0 Å². The smallest absolute Gasteiger partial charge is 0.329 e. The van der Waals surface area contributed by atoms with Crippen LogP contribution in [0, 0.1) is 6.92 Å². The summed E-state index contributed by atoms with van der Waals surface area (Å²) in [5.41, 5.74) is 4.86. The number of carbonyl (C=O) groups is 3. The molecule has 3 aromatic carbocycles. The van der Waals surface area contributed by atoms with E-state index in [2.05, 4.69) is 21.2 Å². The first-order valence-electron chi connectivity index (χ1n) is 11.9. The lowest BCUT2D eigenvalue weighted by Crippen LogP contribution is -2.32. The van der Waals surface area contributed by atoms with E-state index in [9.17, 15) is 14.4 Å². The van der Waals surface area contributed by atoms with Crippen LogP contribution in [0.5, 0.6) is 17.2 Å². The van der Waals surface area contributed by atoms with Crippen LogP contribution in [0.3, 0.4) is 0 Å². The van der Waals surface area contributed by atoms with Crippen LogP contribution in [-0.4, -0.2) is 44.3 Å². The summed E-state index contributed by atoms with van der Waals surface area (Å²) in [5, 5.41) is 9.11. The molecule has 38 heavy (non-hydrogen) atoms. The van der Waals surface area contributed by atoms with E-state index in [0.29, 0.717) is 40.8 Å². The number of benzene rings is 3. The Morgan fingerprint density at radius 3 is 2.37 bits per heavy atom. The SMILES string of the molecule is CCCOc1ccc(NC(=O)C(=O)N/N=C\c2ccc(OCC(=O)Nc3ccccc3C)c(OC)c2)cc1. The highest BCUT2D eigenvalue weighted by Crippen LogP contribution is 2.27. The van der Waals surface area contributed by atoms with Crippen LogP contribution < -0.4 is 30.3 Å². The van der Waals surface area contributed by atoms with Crippen LogP contribution in [0.2, 0.25) is 0 Å². The highest BCUT2D eigenvalue weighted by molar-refractivity contribution is 6.39. The molecule has 198 valence electrons. The molecule has 0 bridgehead atoms. The Labute approximate surface area is 221 Å². The number of hydrazone groups is 1. The van der Waals surface area contributed by atoms with Gasteiger partial charge in [-0.1, -0.05) is 25.1 Å². The molecule has 0 aliphatic heterocycles. The zero-order chi connectivity index (χ0) is 27.3. The fourth-order valence-electron chi connectivity index (χ4n) is 3.18. The lowest BCUT2D eigenvalue weighted by Gasteiger charge is -2.12. The van der Waals surface area contributed by atoms with Gasteiger partial charge < -0.3 is 24.8 Å². The maximum atomic E-state index is 12.3. The third-order valence-electron chi connectivity index (χ3n) is 5.14. The number of rotatable bonds is 11. The minimum Gasteiger partial charge on any atom is -0.494 e. The second-order valence-corrected chi connectivity index (χ2v) is 8.09. The summed E-state index contributed by atoms with van der Waals surface area (Å²) in [6.45, 7) is 4.29. The first-order valence-corrected chi connectivity index (χ1v) is 11.9. The Balaban J connectivity index is 1.49. The van der Waals surface area contributed by atoms with Crippen molar-refractivity contribution in [1.82, 2.24) is 5.43 Å². The van der Waals surface area contributed by atoms with Crippen molar-refractivity contribution in [2.75, 3.05) is 31.0 Å². The van der Waals surface area contributed by atoms with Crippen LogP contribution in [0.4, 0.5) is 11.4 Å². The number of para-hydroxylation sites is 1. The molecule has 0 aliphatic rings. The molecule has 0 atom stereocenters. The van der Waals surface area contributed by atoms with E-state index in [0.717, 1.165) is 12.0 Å². The van der Waals surface area contributed by atoms with E-state index in [1.54, 1.807) is 42.5 Å². The van der Waals surface area contributed by atoms with Gasteiger partial charge in [0.15, 0.2) is 18.1 Å². The Hall–Kier alpha value is -4.86. The van der Waals surface area contributed by atoms with Gasteiger partial charge in [0.2, 0.25) is 0 Å². The van der Waals surface area contributed by atoms with E-state index in [1.807, 2.05) is 38.1 Å². The van der Waals surface area contributed by atoms with Crippen molar-refractivity contribution in [2.24, 2.45) is 5.10 Å². The quantitative estimate of drug-likeness (QED) is 0.201. The third kappa shape index (κ3) is 8.37. The summed E-state index contributed by atoms with van der Waals surface area (Å²) < 4.78 is 16.4. The summed E-state index contributed by atoms with van der Waals surface area (Å²) in [7, 11) is 1.46. The topological polar surface area (TPSA) is 127 Å². The molecule has 3 rings (SSSR count). The number of hydrogen-bond donors (Lipinski definition) is 3.